The fraction of sp³-hybridized carbons (Fsp3) is 0.800. The van der Waals surface area contributed by atoms with Gasteiger partial charge in [0.1, 0.15) is 0 Å². The van der Waals surface area contributed by atoms with Crippen molar-refractivity contribution in [2.45, 2.75) is 40.0 Å². The Kier molecular flexibility index (Phi) is 4.85. The van der Waals surface area contributed by atoms with Crippen LogP contribution in [0.15, 0.2) is 0 Å². The molecule has 2 rings (SSSR count). The molecule has 1 unspecified atom stereocenters. The van der Waals surface area contributed by atoms with Crippen LogP contribution in [-0.4, -0.2) is 42.2 Å². The number of methoxy groups -OCH3 is 1. The summed E-state index contributed by atoms with van der Waals surface area (Å²) in [5, 5.41) is 2.96. The van der Waals surface area contributed by atoms with Gasteiger partial charge in [-0.3, -0.25) is 0 Å². The summed E-state index contributed by atoms with van der Waals surface area (Å²) in [5.74, 6) is 2.00. The van der Waals surface area contributed by atoms with Gasteiger partial charge in [-0.25, -0.2) is 0 Å². The molecule has 0 spiro atoms. The van der Waals surface area contributed by atoms with Crippen LogP contribution in [0.2, 0.25) is 0 Å². The lowest BCUT2D eigenvalue weighted by molar-refractivity contribution is 0.220. The second-order valence-electron chi connectivity index (χ2n) is 6.68. The minimum Gasteiger partial charge on any atom is -0.467 e. The van der Waals surface area contributed by atoms with E-state index < -0.39 is 0 Å². The van der Waals surface area contributed by atoms with E-state index in [-0.39, 0.29) is 0 Å². The molecule has 0 radical (unpaired) electrons. The second kappa shape index (κ2) is 6.45. The van der Waals surface area contributed by atoms with Gasteiger partial charge in [-0.2, -0.15) is 15.0 Å². The molecule has 1 fully saturated rings. The molecule has 6 heteroatoms. The van der Waals surface area contributed by atoms with Crippen LogP contribution in [0.4, 0.5) is 11.9 Å². The van der Waals surface area contributed by atoms with E-state index in [0.29, 0.717) is 23.3 Å². The van der Waals surface area contributed by atoms with Gasteiger partial charge in [0, 0.05) is 20.1 Å². The summed E-state index contributed by atoms with van der Waals surface area (Å²) >= 11 is 0. The van der Waals surface area contributed by atoms with Crippen molar-refractivity contribution in [3.8, 4) is 6.01 Å². The SMILES string of the molecule is CNc1nc(OC)nc(N2CCCC(C(C)(C)C)CC2)n1. The minimum atomic E-state index is 0.362. The third-order valence-electron chi connectivity index (χ3n) is 4.24. The van der Waals surface area contributed by atoms with Crippen LogP contribution < -0.4 is 15.0 Å². The van der Waals surface area contributed by atoms with Gasteiger partial charge in [-0.05, 0) is 30.6 Å². The van der Waals surface area contributed by atoms with E-state index >= 15 is 0 Å². The van der Waals surface area contributed by atoms with Gasteiger partial charge in [-0.1, -0.05) is 20.8 Å². The molecule has 0 aliphatic carbocycles. The van der Waals surface area contributed by atoms with Crippen molar-refractivity contribution in [3.63, 3.8) is 0 Å². The van der Waals surface area contributed by atoms with E-state index in [1.165, 1.54) is 19.3 Å². The van der Waals surface area contributed by atoms with E-state index in [2.05, 4.69) is 45.9 Å². The molecule has 1 aromatic heterocycles. The van der Waals surface area contributed by atoms with Crippen LogP contribution in [-0.2, 0) is 0 Å². The Morgan fingerprint density at radius 1 is 1.14 bits per heavy atom. The zero-order valence-electron chi connectivity index (χ0n) is 13.8. The number of rotatable bonds is 3. The molecule has 1 atom stereocenters. The molecule has 6 nitrogen and oxygen atoms in total. The molecule has 0 amide bonds. The van der Waals surface area contributed by atoms with Gasteiger partial charge in [0.15, 0.2) is 0 Å². The second-order valence-corrected chi connectivity index (χ2v) is 6.68. The van der Waals surface area contributed by atoms with Crippen molar-refractivity contribution in [2.75, 3.05) is 37.5 Å². The summed E-state index contributed by atoms with van der Waals surface area (Å²) in [7, 11) is 3.38. The van der Waals surface area contributed by atoms with Gasteiger partial charge < -0.3 is 15.0 Å². The zero-order chi connectivity index (χ0) is 15.5. The summed E-state index contributed by atoms with van der Waals surface area (Å²) in [5.41, 5.74) is 0.364. The quantitative estimate of drug-likeness (QED) is 0.924. The Bertz CT molecular complexity index is 449. The van der Waals surface area contributed by atoms with Crippen LogP contribution in [0, 0.1) is 11.3 Å². The molecule has 1 saturated heterocycles. The summed E-state index contributed by atoms with van der Waals surface area (Å²) in [6.45, 7) is 8.97. The number of aromatic nitrogens is 3. The predicted molar refractivity (Wildman–Crippen MR) is 84.9 cm³/mol. The van der Waals surface area contributed by atoms with E-state index in [1.54, 1.807) is 14.2 Å². The molecule has 0 aromatic carbocycles. The van der Waals surface area contributed by atoms with E-state index in [1.807, 2.05) is 0 Å². The Balaban J connectivity index is 2.15. The molecule has 1 N–H and O–H groups in total. The average molecular weight is 293 g/mol. The monoisotopic (exact) mass is 293 g/mol. The Morgan fingerprint density at radius 3 is 2.52 bits per heavy atom. The Hall–Kier alpha value is -1.59. The predicted octanol–water partition coefficient (Wildman–Crippen LogP) is 2.57. The lowest BCUT2D eigenvalue weighted by Gasteiger charge is -2.29. The molecule has 1 aliphatic rings. The van der Waals surface area contributed by atoms with Gasteiger partial charge >= 0.3 is 6.01 Å². The third kappa shape index (κ3) is 3.95. The number of nitrogens with one attached hydrogen (secondary N) is 1. The van der Waals surface area contributed by atoms with Gasteiger partial charge in [0.2, 0.25) is 11.9 Å². The number of nitrogens with zero attached hydrogens (tertiary/aromatic N) is 4. The number of hydrogen-bond acceptors (Lipinski definition) is 6. The van der Waals surface area contributed by atoms with Crippen LogP contribution in [0.3, 0.4) is 0 Å². The summed E-state index contributed by atoms with van der Waals surface area (Å²) < 4.78 is 5.17. The van der Waals surface area contributed by atoms with Crippen molar-refractivity contribution in [1.82, 2.24) is 15.0 Å². The van der Waals surface area contributed by atoms with Crippen molar-refractivity contribution >= 4 is 11.9 Å². The molecule has 0 saturated carbocycles. The molecular weight excluding hydrogens is 266 g/mol. The van der Waals surface area contributed by atoms with Crippen molar-refractivity contribution in [3.05, 3.63) is 0 Å². The maximum absolute atomic E-state index is 5.17. The first-order chi connectivity index (χ1) is 9.94. The first-order valence-electron chi connectivity index (χ1n) is 7.67. The van der Waals surface area contributed by atoms with Crippen LogP contribution in [0.1, 0.15) is 40.0 Å². The standard InChI is InChI=1S/C15H27N5O/c1-15(2,3)11-7-6-9-20(10-8-11)13-17-12(16-4)18-14(19-13)21-5/h11H,6-10H2,1-5H3,(H,16,17,18,19). The molecule has 21 heavy (non-hydrogen) atoms. The van der Waals surface area contributed by atoms with Gasteiger partial charge in [0.05, 0.1) is 7.11 Å². The third-order valence-corrected chi connectivity index (χ3v) is 4.24. The van der Waals surface area contributed by atoms with Gasteiger partial charge in [-0.15, -0.1) is 0 Å². The topological polar surface area (TPSA) is 63.2 Å². The van der Waals surface area contributed by atoms with E-state index in [9.17, 15) is 0 Å². The maximum Gasteiger partial charge on any atom is 0.322 e. The van der Waals surface area contributed by atoms with Gasteiger partial charge in [0.25, 0.3) is 0 Å². The van der Waals surface area contributed by atoms with Crippen molar-refractivity contribution in [2.24, 2.45) is 11.3 Å². The number of anilines is 2. The van der Waals surface area contributed by atoms with E-state index in [0.717, 1.165) is 19.0 Å². The highest BCUT2D eigenvalue weighted by Crippen LogP contribution is 2.34. The highest BCUT2D eigenvalue weighted by Gasteiger charge is 2.28. The smallest absolute Gasteiger partial charge is 0.322 e. The number of hydrogen-bond donors (Lipinski definition) is 1. The Labute approximate surface area is 127 Å². The largest absolute Gasteiger partial charge is 0.467 e. The molecular formula is C15H27N5O. The maximum atomic E-state index is 5.17. The first-order valence-corrected chi connectivity index (χ1v) is 7.67. The normalized spacial score (nSPS) is 20.0. The summed E-state index contributed by atoms with van der Waals surface area (Å²) in [6, 6.07) is 0.362. The van der Waals surface area contributed by atoms with Crippen molar-refractivity contribution < 1.29 is 4.74 Å². The highest BCUT2D eigenvalue weighted by molar-refractivity contribution is 5.38. The molecule has 1 aliphatic heterocycles. The van der Waals surface area contributed by atoms with Crippen LogP contribution in [0.5, 0.6) is 6.01 Å². The average Bonchev–Trinajstić information content (AvgIpc) is 2.72. The molecule has 2 heterocycles. The highest BCUT2D eigenvalue weighted by atomic mass is 16.5. The lowest BCUT2D eigenvalue weighted by atomic mass is 9.77. The zero-order valence-corrected chi connectivity index (χ0v) is 13.8. The fourth-order valence-corrected chi connectivity index (χ4v) is 2.85. The number of ether oxygens (including phenoxy) is 1. The lowest BCUT2D eigenvalue weighted by Crippen LogP contribution is -2.28. The fourth-order valence-electron chi connectivity index (χ4n) is 2.85. The Morgan fingerprint density at radius 2 is 1.90 bits per heavy atom. The molecule has 1 aromatic rings. The molecule has 0 bridgehead atoms. The first kappa shape index (κ1) is 15.8. The van der Waals surface area contributed by atoms with Crippen LogP contribution >= 0.6 is 0 Å². The minimum absolute atomic E-state index is 0.362. The van der Waals surface area contributed by atoms with Crippen LogP contribution in [0.25, 0.3) is 0 Å². The van der Waals surface area contributed by atoms with E-state index in [4.69, 9.17) is 4.74 Å². The summed E-state index contributed by atoms with van der Waals surface area (Å²) in [4.78, 5) is 15.3. The molecule has 118 valence electrons. The summed E-state index contributed by atoms with van der Waals surface area (Å²) in [6.07, 6.45) is 3.61. The van der Waals surface area contributed by atoms with Crippen molar-refractivity contribution in [1.29, 1.82) is 0 Å².